The van der Waals surface area contributed by atoms with E-state index in [2.05, 4.69) is 10.4 Å². The van der Waals surface area contributed by atoms with E-state index in [4.69, 9.17) is 9.84 Å². The van der Waals surface area contributed by atoms with Crippen LogP contribution < -0.4 is 10.1 Å². The highest BCUT2D eigenvalue weighted by Crippen LogP contribution is 2.31. The maximum atomic E-state index is 13.4. The molecule has 1 fully saturated rings. The first-order chi connectivity index (χ1) is 16.5. The Hall–Kier alpha value is -3.73. The van der Waals surface area contributed by atoms with Gasteiger partial charge in [-0.05, 0) is 43.3 Å². The van der Waals surface area contributed by atoms with Crippen molar-refractivity contribution < 1.29 is 22.3 Å². The molecule has 0 aliphatic carbocycles. The number of nitrogens with one attached hydrogen (secondary N) is 1. The number of alkyl halides is 1. The van der Waals surface area contributed by atoms with E-state index in [1.165, 1.54) is 6.92 Å². The number of carbonyl (C=O) groups excluding carboxylic acids is 1. The topological polar surface area (TPSA) is 108 Å². The van der Waals surface area contributed by atoms with Crippen molar-refractivity contribution >= 4 is 26.6 Å². The molecule has 1 saturated heterocycles. The summed E-state index contributed by atoms with van der Waals surface area (Å²) in [6.07, 6.45) is 0.336. The first kappa shape index (κ1) is 23.0. The van der Waals surface area contributed by atoms with Crippen molar-refractivity contribution in [1.82, 2.24) is 24.9 Å². The van der Waals surface area contributed by atoms with Gasteiger partial charge in [0.2, 0.25) is 6.36 Å². The van der Waals surface area contributed by atoms with Crippen molar-refractivity contribution in [2.45, 2.75) is 25.7 Å². The van der Waals surface area contributed by atoms with Gasteiger partial charge in [0.25, 0.3) is 5.91 Å². The van der Waals surface area contributed by atoms with E-state index in [1.54, 1.807) is 65.9 Å². The molecule has 4 aromatic rings. The predicted molar refractivity (Wildman–Crippen MR) is 129 cm³/mol. The summed E-state index contributed by atoms with van der Waals surface area (Å²) in [5.74, 6) is -0.168. The normalized spacial score (nSPS) is 17.0. The molecule has 3 heterocycles. The lowest BCUT2D eigenvalue weighted by Crippen LogP contribution is -2.63. The van der Waals surface area contributed by atoms with Crippen molar-refractivity contribution in [1.29, 1.82) is 0 Å². The summed E-state index contributed by atoms with van der Waals surface area (Å²) in [6, 6.07) is 13.9. The van der Waals surface area contributed by atoms with Crippen LogP contribution in [0.5, 0.6) is 5.75 Å². The van der Waals surface area contributed by atoms with Crippen LogP contribution in [0.25, 0.3) is 28.0 Å². The standard InChI is InChI=1S/C24H24FN5O4S/c1-15(25)34-18-6-4-5-17(12-18)30-21-8-7-16(23(31)26-24(2)13-35(32,33)14-24)11-19(21)22(28-30)20-9-10-29(3)27-20/h4-12,15H,13-14H2,1-3H3,(H,26,31). The zero-order valence-corrected chi connectivity index (χ0v) is 20.2. The average molecular weight is 498 g/mol. The second-order valence-corrected chi connectivity index (χ2v) is 11.1. The van der Waals surface area contributed by atoms with E-state index in [0.717, 1.165) is 0 Å². The molecule has 1 amide bonds. The summed E-state index contributed by atoms with van der Waals surface area (Å²) < 4.78 is 45.2. The number of aromatic nitrogens is 4. The van der Waals surface area contributed by atoms with Crippen LogP contribution in [0.1, 0.15) is 24.2 Å². The number of amides is 1. The minimum Gasteiger partial charge on any atom is -0.461 e. The quantitative estimate of drug-likeness (QED) is 0.439. The van der Waals surface area contributed by atoms with Crippen LogP contribution in [0.15, 0.2) is 54.7 Å². The van der Waals surface area contributed by atoms with Gasteiger partial charge in [-0.3, -0.25) is 9.48 Å². The zero-order valence-electron chi connectivity index (χ0n) is 19.4. The fourth-order valence-electron chi connectivity index (χ4n) is 4.41. The summed E-state index contributed by atoms with van der Waals surface area (Å²) >= 11 is 0. The molecule has 0 spiro atoms. The number of fused-ring (bicyclic) bond motifs is 1. The second-order valence-electron chi connectivity index (χ2n) is 9.07. The number of sulfone groups is 1. The summed E-state index contributed by atoms with van der Waals surface area (Å²) in [5, 5.41) is 12.8. The van der Waals surface area contributed by atoms with Gasteiger partial charge in [-0.25, -0.2) is 17.5 Å². The van der Waals surface area contributed by atoms with Gasteiger partial charge in [-0.1, -0.05) is 6.07 Å². The van der Waals surface area contributed by atoms with Crippen molar-refractivity contribution in [2.75, 3.05) is 11.5 Å². The highest BCUT2D eigenvalue weighted by atomic mass is 32.2. The Balaban J connectivity index is 1.58. The van der Waals surface area contributed by atoms with E-state index in [-0.39, 0.29) is 17.4 Å². The maximum Gasteiger partial charge on any atom is 0.251 e. The molecule has 1 N–H and O–H groups in total. The summed E-state index contributed by atoms with van der Waals surface area (Å²) in [5.41, 5.74) is 2.15. The Morgan fingerprint density at radius 2 is 1.94 bits per heavy atom. The van der Waals surface area contributed by atoms with Gasteiger partial charge in [-0.15, -0.1) is 0 Å². The van der Waals surface area contributed by atoms with Gasteiger partial charge in [0.1, 0.15) is 17.1 Å². The molecule has 182 valence electrons. The molecule has 0 saturated carbocycles. The number of halogens is 1. The first-order valence-corrected chi connectivity index (χ1v) is 12.8. The Kier molecular flexibility index (Phi) is 5.39. The van der Waals surface area contributed by atoms with Crippen LogP contribution in [0.2, 0.25) is 0 Å². The summed E-state index contributed by atoms with van der Waals surface area (Å²) in [6.45, 7) is 3.02. The monoisotopic (exact) mass is 497 g/mol. The minimum absolute atomic E-state index is 0.0823. The summed E-state index contributed by atoms with van der Waals surface area (Å²) in [4.78, 5) is 13.0. The molecule has 1 aliphatic heterocycles. The average Bonchev–Trinajstić information content (AvgIpc) is 3.34. The number of aryl methyl sites for hydroxylation is 1. The molecule has 0 radical (unpaired) electrons. The van der Waals surface area contributed by atoms with Crippen LogP contribution in [-0.2, 0) is 16.9 Å². The molecule has 1 atom stereocenters. The number of nitrogens with zero attached hydrogens (tertiary/aromatic N) is 4. The van der Waals surface area contributed by atoms with E-state index < -0.39 is 21.7 Å². The van der Waals surface area contributed by atoms with E-state index >= 15 is 0 Å². The van der Waals surface area contributed by atoms with Crippen molar-refractivity contribution in [2.24, 2.45) is 7.05 Å². The SMILES string of the molecule is CC(F)Oc1cccc(-n2nc(-c3ccn(C)n3)c3cc(C(=O)NC4(C)CS(=O)(=O)C4)ccc32)c1. The second kappa shape index (κ2) is 8.19. The fraction of sp³-hybridized carbons (Fsp3) is 0.292. The molecule has 1 aliphatic rings. The van der Waals surface area contributed by atoms with E-state index in [9.17, 15) is 17.6 Å². The molecule has 2 aromatic heterocycles. The van der Waals surface area contributed by atoms with Gasteiger partial charge in [-0.2, -0.15) is 10.2 Å². The molecule has 0 bridgehead atoms. The Morgan fingerprint density at radius 3 is 2.60 bits per heavy atom. The highest BCUT2D eigenvalue weighted by Gasteiger charge is 2.45. The molecule has 9 nitrogen and oxygen atoms in total. The highest BCUT2D eigenvalue weighted by molar-refractivity contribution is 7.93. The lowest BCUT2D eigenvalue weighted by atomic mass is 10.0. The summed E-state index contributed by atoms with van der Waals surface area (Å²) in [7, 11) is -1.30. The Bertz CT molecular complexity index is 1550. The zero-order chi connectivity index (χ0) is 25.0. The number of hydrogen-bond acceptors (Lipinski definition) is 6. The lowest BCUT2D eigenvalue weighted by molar-refractivity contribution is 0.0859. The van der Waals surface area contributed by atoms with Gasteiger partial charge in [0.15, 0.2) is 9.84 Å². The number of benzene rings is 2. The molecule has 11 heteroatoms. The number of rotatable bonds is 6. The van der Waals surface area contributed by atoms with E-state index in [0.29, 0.717) is 39.3 Å². The van der Waals surface area contributed by atoms with Gasteiger partial charge in [0.05, 0.1) is 28.2 Å². The lowest BCUT2D eigenvalue weighted by Gasteiger charge is -2.38. The van der Waals surface area contributed by atoms with Gasteiger partial charge in [0, 0.05) is 37.2 Å². The molecule has 35 heavy (non-hydrogen) atoms. The Labute approximate surface area is 201 Å². The minimum atomic E-state index is -3.10. The van der Waals surface area contributed by atoms with E-state index in [1.807, 2.05) is 12.1 Å². The molecular weight excluding hydrogens is 473 g/mol. The van der Waals surface area contributed by atoms with Crippen LogP contribution >= 0.6 is 0 Å². The first-order valence-electron chi connectivity index (χ1n) is 11.0. The van der Waals surface area contributed by atoms with Crippen LogP contribution in [0, 0.1) is 0 Å². The van der Waals surface area contributed by atoms with Gasteiger partial charge < -0.3 is 10.1 Å². The fourth-order valence-corrected chi connectivity index (χ4v) is 6.41. The largest absolute Gasteiger partial charge is 0.461 e. The number of carbonyl (C=O) groups is 1. The van der Waals surface area contributed by atoms with Crippen LogP contribution in [-0.4, -0.2) is 57.3 Å². The van der Waals surface area contributed by atoms with Crippen molar-refractivity contribution in [3.63, 3.8) is 0 Å². The van der Waals surface area contributed by atoms with Crippen LogP contribution in [0.3, 0.4) is 0 Å². The number of ether oxygens (including phenoxy) is 1. The molecule has 5 rings (SSSR count). The molecule has 1 unspecified atom stereocenters. The third-order valence-electron chi connectivity index (χ3n) is 5.75. The Morgan fingerprint density at radius 1 is 1.17 bits per heavy atom. The maximum absolute atomic E-state index is 13.4. The number of hydrogen-bond donors (Lipinski definition) is 1. The predicted octanol–water partition coefficient (Wildman–Crippen LogP) is 3.04. The third kappa shape index (κ3) is 4.51. The van der Waals surface area contributed by atoms with Crippen molar-refractivity contribution in [3.8, 4) is 22.8 Å². The molecule has 2 aromatic carbocycles. The third-order valence-corrected chi connectivity index (χ3v) is 7.91. The van der Waals surface area contributed by atoms with Crippen molar-refractivity contribution in [3.05, 3.63) is 60.3 Å². The van der Waals surface area contributed by atoms with Gasteiger partial charge >= 0.3 is 0 Å². The van der Waals surface area contributed by atoms with Crippen LogP contribution in [0.4, 0.5) is 4.39 Å². The molecular formula is C24H24FN5O4S. The smallest absolute Gasteiger partial charge is 0.251 e.